The maximum absolute atomic E-state index is 13.3. The van der Waals surface area contributed by atoms with Crippen molar-refractivity contribution in [3.63, 3.8) is 0 Å². The smallest absolute Gasteiger partial charge is 0.408 e. The number of alkyl carbamates (subject to hydrolysis) is 1. The molecular formula is C30H34N2O4S. The first-order chi connectivity index (χ1) is 17.9. The van der Waals surface area contributed by atoms with Crippen molar-refractivity contribution in [2.24, 2.45) is 5.92 Å². The molecule has 0 spiro atoms. The third-order valence-corrected chi connectivity index (χ3v) is 6.67. The molecule has 0 bridgehead atoms. The van der Waals surface area contributed by atoms with Crippen molar-refractivity contribution in [3.05, 3.63) is 102 Å². The Morgan fingerprint density at radius 3 is 1.92 bits per heavy atom. The lowest BCUT2D eigenvalue weighted by molar-refractivity contribution is -0.128. The van der Waals surface area contributed by atoms with Crippen LogP contribution in [0.3, 0.4) is 0 Å². The molecule has 0 saturated heterocycles. The topological polar surface area (TPSA) is 84.5 Å². The van der Waals surface area contributed by atoms with Crippen LogP contribution in [-0.2, 0) is 27.4 Å². The molecule has 37 heavy (non-hydrogen) atoms. The van der Waals surface area contributed by atoms with Crippen LogP contribution in [0.4, 0.5) is 4.79 Å². The second-order valence-electron chi connectivity index (χ2n) is 9.21. The number of ether oxygens (including phenoxy) is 1. The lowest BCUT2D eigenvalue weighted by Crippen LogP contribution is -2.53. The number of benzene rings is 3. The van der Waals surface area contributed by atoms with E-state index in [2.05, 4.69) is 10.6 Å². The summed E-state index contributed by atoms with van der Waals surface area (Å²) in [7, 11) is 0. The van der Waals surface area contributed by atoms with E-state index in [-0.39, 0.29) is 24.1 Å². The number of hydrogen-bond donors (Lipinski definition) is 2. The van der Waals surface area contributed by atoms with Gasteiger partial charge in [0.1, 0.15) is 12.6 Å². The van der Waals surface area contributed by atoms with Gasteiger partial charge in [0.25, 0.3) is 0 Å². The van der Waals surface area contributed by atoms with Crippen LogP contribution in [0.25, 0.3) is 0 Å². The first kappa shape index (κ1) is 28.0. The van der Waals surface area contributed by atoms with Crippen LogP contribution >= 0.6 is 11.8 Å². The summed E-state index contributed by atoms with van der Waals surface area (Å²) < 4.78 is 5.33. The number of Topliss-reactive ketones (excluding diaryl/α,β-unsaturated/α-hetero) is 1. The SMILES string of the molecule is CC(C)C[C@H](NC(=O)OCc1ccccc1)C(=O)N[C@@H](Cc1ccccc1)C(=O)CSc1ccccc1. The fourth-order valence-electron chi connectivity index (χ4n) is 3.75. The third-order valence-electron chi connectivity index (χ3n) is 5.64. The van der Waals surface area contributed by atoms with E-state index in [9.17, 15) is 14.4 Å². The molecule has 2 atom stereocenters. The number of thioether (sulfide) groups is 1. The summed E-state index contributed by atoms with van der Waals surface area (Å²) in [5.74, 6) is -0.115. The van der Waals surface area contributed by atoms with Crippen molar-refractivity contribution in [1.29, 1.82) is 0 Å². The fraction of sp³-hybridized carbons (Fsp3) is 0.300. The second-order valence-corrected chi connectivity index (χ2v) is 10.3. The highest BCUT2D eigenvalue weighted by molar-refractivity contribution is 8.00. The average Bonchev–Trinajstić information content (AvgIpc) is 2.91. The predicted molar refractivity (Wildman–Crippen MR) is 147 cm³/mol. The number of carbonyl (C=O) groups excluding carboxylic acids is 3. The van der Waals surface area contributed by atoms with Gasteiger partial charge in [-0.1, -0.05) is 92.7 Å². The van der Waals surface area contributed by atoms with E-state index < -0.39 is 24.1 Å². The summed E-state index contributed by atoms with van der Waals surface area (Å²) in [6, 6.07) is 27.1. The monoisotopic (exact) mass is 518 g/mol. The van der Waals surface area contributed by atoms with Crippen LogP contribution < -0.4 is 10.6 Å². The molecular weight excluding hydrogens is 484 g/mol. The Balaban J connectivity index is 1.66. The van der Waals surface area contributed by atoms with Crippen molar-refractivity contribution in [3.8, 4) is 0 Å². The molecule has 0 aliphatic rings. The van der Waals surface area contributed by atoms with Gasteiger partial charge in [-0.25, -0.2) is 4.79 Å². The van der Waals surface area contributed by atoms with E-state index in [1.807, 2.05) is 105 Å². The zero-order valence-electron chi connectivity index (χ0n) is 21.3. The molecule has 0 unspecified atom stereocenters. The maximum atomic E-state index is 13.3. The van der Waals surface area contributed by atoms with Crippen molar-refractivity contribution in [1.82, 2.24) is 10.6 Å². The zero-order chi connectivity index (χ0) is 26.5. The molecule has 0 radical (unpaired) electrons. The van der Waals surface area contributed by atoms with Gasteiger partial charge in [-0.15, -0.1) is 11.8 Å². The fourth-order valence-corrected chi connectivity index (χ4v) is 4.61. The summed E-state index contributed by atoms with van der Waals surface area (Å²) in [4.78, 5) is 40.0. The quantitative estimate of drug-likeness (QED) is 0.295. The van der Waals surface area contributed by atoms with Crippen LogP contribution in [0.1, 0.15) is 31.4 Å². The Bertz CT molecular complexity index is 1120. The predicted octanol–water partition coefficient (Wildman–Crippen LogP) is 5.42. The van der Waals surface area contributed by atoms with Gasteiger partial charge in [0.15, 0.2) is 5.78 Å². The average molecular weight is 519 g/mol. The first-order valence-electron chi connectivity index (χ1n) is 12.4. The second kappa shape index (κ2) is 14.9. The molecule has 2 amide bonds. The Kier molecular flexibility index (Phi) is 11.2. The largest absolute Gasteiger partial charge is 0.445 e. The molecule has 194 valence electrons. The molecule has 0 saturated carbocycles. The molecule has 3 aromatic rings. The Labute approximate surface area is 223 Å². The number of ketones is 1. The minimum Gasteiger partial charge on any atom is -0.445 e. The molecule has 3 rings (SSSR count). The van der Waals surface area contributed by atoms with Crippen LogP contribution in [-0.4, -0.2) is 35.6 Å². The number of amides is 2. The van der Waals surface area contributed by atoms with E-state index in [0.29, 0.717) is 12.8 Å². The highest BCUT2D eigenvalue weighted by Crippen LogP contribution is 2.18. The van der Waals surface area contributed by atoms with Gasteiger partial charge in [-0.05, 0) is 42.0 Å². The van der Waals surface area contributed by atoms with Gasteiger partial charge in [-0.2, -0.15) is 0 Å². The van der Waals surface area contributed by atoms with Gasteiger partial charge in [0.2, 0.25) is 5.91 Å². The molecule has 0 aromatic heterocycles. The van der Waals surface area contributed by atoms with Gasteiger partial charge >= 0.3 is 6.09 Å². The minimum absolute atomic E-state index is 0.0824. The summed E-state index contributed by atoms with van der Waals surface area (Å²) in [5, 5.41) is 5.61. The molecule has 0 heterocycles. The molecule has 0 aliphatic heterocycles. The van der Waals surface area contributed by atoms with E-state index in [1.54, 1.807) is 0 Å². The van der Waals surface area contributed by atoms with Crippen LogP contribution in [0, 0.1) is 5.92 Å². The van der Waals surface area contributed by atoms with Crippen molar-refractivity contribution in [2.75, 3.05) is 5.75 Å². The number of hydrogen-bond acceptors (Lipinski definition) is 5. The third kappa shape index (κ3) is 10.1. The van der Waals surface area contributed by atoms with E-state index >= 15 is 0 Å². The molecule has 6 nitrogen and oxygen atoms in total. The van der Waals surface area contributed by atoms with Crippen LogP contribution in [0.5, 0.6) is 0 Å². The van der Waals surface area contributed by atoms with Gasteiger partial charge in [0, 0.05) is 4.90 Å². The van der Waals surface area contributed by atoms with E-state index in [1.165, 1.54) is 11.8 Å². The number of carbonyl (C=O) groups is 3. The van der Waals surface area contributed by atoms with Gasteiger partial charge in [0.05, 0.1) is 11.8 Å². The summed E-state index contributed by atoms with van der Waals surface area (Å²) in [6.07, 6.45) is 0.112. The molecule has 0 aliphatic carbocycles. The standard InChI is InChI=1S/C30H34N2O4S/c1-22(2)18-27(32-30(35)36-20-24-14-8-4-9-15-24)29(34)31-26(19-23-12-6-3-7-13-23)28(33)21-37-25-16-10-5-11-17-25/h3-17,22,26-27H,18-21H2,1-2H3,(H,31,34)(H,32,35)/t26-,27-/m0/s1. The van der Waals surface area contributed by atoms with Crippen molar-refractivity contribution in [2.45, 2.75) is 50.3 Å². The van der Waals surface area contributed by atoms with E-state index in [0.717, 1.165) is 16.0 Å². The lowest BCUT2D eigenvalue weighted by atomic mass is 10.00. The van der Waals surface area contributed by atoms with Crippen LogP contribution in [0.15, 0.2) is 95.9 Å². The van der Waals surface area contributed by atoms with Crippen molar-refractivity contribution < 1.29 is 19.1 Å². The molecule has 7 heteroatoms. The highest BCUT2D eigenvalue weighted by atomic mass is 32.2. The maximum Gasteiger partial charge on any atom is 0.408 e. The molecule has 3 aromatic carbocycles. The van der Waals surface area contributed by atoms with Crippen LogP contribution in [0.2, 0.25) is 0 Å². The van der Waals surface area contributed by atoms with Crippen molar-refractivity contribution >= 4 is 29.5 Å². The normalized spacial score (nSPS) is 12.4. The minimum atomic E-state index is -0.823. The Hall–Kier alpha value is -3.58. The summed E-state index contributed by atoms with van der Waals surface area (Å²) in [6.45, 7) is 4.05. The number of rotatable bonds is 13. The summed E-state index contributed by atoms with van der Waals surface area (Å²) in [5.41, 5.74) is 1.80. The van der Waals surface area contributed by atoms with E-state index in [4.69, 9.17) is 4.74 Å². The Morgan fingerprint density at radius 2 is 1.32 bits per heavy atom. The molecule has 2 N–H and O–H groups in total. The zero-order valence-corrected chi connectivity index (χ0v) is 22.1. The Morgan fingerprint density at radius 1 is 0.757 bits per heavy atom. The number of nitrogens with one attached hydrogen (secondary N) is 2. The van der Waals surface area contributed by atoms with Gasteiger partial charge < -0.3 is 15.4 Å². The van der Waals surface area contributed by atoms with Gasteiger partial charge in [-0.3, -0.25) is 9.59 Å². The summed E-state index contributed by atoms with van der Waals surface area (Å²) >= 11 is 1.44. The molecule has 0 fully saturated rings. The highest BCUT2D eigenvalue weighted by Gasteiger charge is 2.28. The lowest BCUT2D eigenvalue weighted by Gasteiger charge is -2.24. The first-order valence-corrected chi connectivity index (χ1v) is 13.4.